The number of halogens is 5. The lowest BCUT2D eigenvalue weighted by Gasteiger charge is -2.10. The Morgan fingerprint density at radius 3 is 2.41 bits per heavy atom. The fraction of sp³-hybridized carbons (Fsp3) is 0.143. The number of amides is 1. The smallest absolute Gasteiger partial charge is 0.309 e. The van der Waals surface area contributed by atoms with Gasteiger partial charge in [-0.05, 0) is 23.8 Å². The molecular formula is C14H9ClF4N2O. The highest BCUT2D eigenvalue weighted by Gasteiger charge is 2.31. The number of carbonyl (C=O) groups excluding carboxylic acids is 1. The van der Waals surface area contributed by atoms with Crippen molar-refractivity contribution in [1.82, 2.24) is 4.98 Å². The minimum absolute atomic E-state index is 0.0840. The predicted molar refractivity (Wildman–Crippen MR) is 73.0 cm³/mol. The van der Waals surface area contributed by atoms with Gasteiger partial charge in [-0.15, -0.1) is 0 Å². The summed E-state index contributed by atoms with van der Waals surface area (Å²) in [5.74, 6) is -1.13. The van der Waals surface area contributed by atoms with Crippen LogP contribution in [0.1, 0.15) is 11.1 Å². The maximum Gasteiger partial charge on any atom is 0.417 e. The van der Waals surface area contributed by atoms with Crippen LogP contribution in [0.25, 0.3) is 0 Å². The van der Waals surface area contributed by atoms with E-state index in [1.54, 1.807) is 0 Å². The number of hydrogen-bond acceptors (Lipinski definition) is 2. The molecule has 1 aromatic carbocycles. The van der Waals surface area contributed by atoms with Gasteiger partial charge in [0.05, 0.1) is 17.0 Å². The highest BCUT2D eigenvalue weighted by Crippen LogP contribution is 2.32. The molecule has 0 aliphatic heterocycles. The summed E-state index contributed by atoms with van der Waals surface area (Å²) in [7, 11) is 0. The second kappa shape index (κ2) is 6.31. The van der Waals surface area contributed by atoms with E-state index < -0.39 is 23.5 Å². The van der Waals surface area contributed by atoms with Crippen LogP contribution in [0, 0.1) is 5.82 Å². The Balaban J connectivity index is 2.07. The van der Waals surface area contributed by atoms with E-state index in [1.165, 1.54) is 24.3 Å². The fourth-order valence-electron chi connectivity index (χ4n) is 1.65. The van der Waals surface area contributed by atoms with Gasteiger partial charge in [-0.3, -0.25) is 4.79 Å². The van der Waals surface area contributed by atoms with Crippen LogP contribution >= 0.6 is 11.6 Å². The van der Waals surface area contributed by atoms with Crippen molar-refractivity contribution in [3.05, 3.63) is 58.5 Å². The third-order valence-electron chi connectivity index (χ3n) is 2.70. The van der Waals surface area contributed by atoms with Gasteiger partial charge in [-0.25, -0.2) is 9.37 Å². The van der Waals surface area contributed by atoms with Crippen molar-refractivity contribution < 1.29 is 22.4 Å². The third kappa shape index (κ3) is 4.17. The summed E-state index contributed by atoms with van der Waals surface area (Å²) < 4.78 is 50.1. The number of nitrogens with one attached hydrogen (secondary N) is 1. The molecule has 0 unspecified atom stereocenters. The number of alkyl halides is 3. The van der Waals surface area contributed by atoms with Crippen LogP contribution in [-0.4, -0.2) is 10.9 Å². The summed E-state index contributed by atoms with van der Waals surface area (Å²) >= 11 is 5.68. The highest BCUT2D eigenvalue weighted by atomic mass is 35.5. The summed E-state index contributed by atoms with van der Waals surface area (Å²) in [6.45, 7) is 0. The standard InChI is InChI=1S/C14H9ClF4N2O/c15-11-6-9(14(17,18)19)7-20-13(11)21-12(22)5-8-1-3-10(16)4-2-8/h1-4,6-7H,5H2,(H,20,21,22). The number of benzene rings is 1. The Hall–Kier alpha value is -2.15. The number of hydrogen-bond donors (Lipinski definition) is 1. The topological polar surface area (TPSA) is 42.0 Å². The highest BCUT2D eigenvalue weighted by molar-refractivity contribution is 6.33. The van der Waals surface area contributed by atoms with E-state index >= 15 is 0 Å². The van der Waals surface area contributed by atoms with Gasteiger partial charge >= 0.3 is 6.18 Å². The van der Waals surface area contributed by atoms with Crippen molar-refractivity contribution in [2.45, 2.75) is 12.6 Å². The number of carbonyl (C=O) groups is 1. The van der Waals surface area contributed by atoms with Gasteiger partial charge in [0, 0.05) is 6.20 Å². The Kier molecular flexibility index (Phi) is 4.65. The Morgan fingerprint density at radius 2 is 1.86 bits per heavy atom. The van der Waals surface area contributed by atoms with Crippen molar-refractivity contribution in [1.29, 1.82) is 0 Å². The van der Waals surface area contributed by atoms with E-state index in [2.05, 4.69) is 10.3 Å². The molecule has 2 aromatic rings. The minimum atomic E-state index is -4.56. The van der Waals surface area contributed by atoms with Crippen molar-refractivity contribution in [3.8, 4) is 0 Å². The molecule has 0 aliphatic carbocycles. The van der Waals surface area contributed by atoms with Crippen molar-refractivity contribution in [2.24, 2.45) is 0 Å². The first-order valence-corrected chi connectivity index (χ1v) is 6.40. The molecule has 0 bridgehead atoms. The summed E-state index contributed by atoms with van der Waals surface area (Å²) in [6, 6.07) is 5.94. The zero-order chi connectivity index (χ0) is 16.3. The molecule has 0 radical (unpaired) electrons. The molecule has 3 nitrogen and oxygen atoms in total. The third-order valence-corrected chi connectivity index (χ3v) is 2.99. The monoisotopic (exact) mass is 332 g/mol. The van der Waals surface area contributed by atoms with Gasteiger partial charge in [-0.1, -0.05) is 23.7 Å². The van der Waals surface area contributed by atoms with E-state index in [1.807, 2.05) is 0 Å². The summed E-state index contributed by atoms with van der Waals surface area (Å²) in [5.41, 5.74) is -0.462. The first kappa shape index (κ1) is 16.2. The molecule has 22 heavy (non-hydrogen) atoms. The van der Waals surface area contributed by atoms with Crippen LogP contribution in [0.3, 0.4) is 0 Å². The SMILES string of the molecule is O=C(Cc1ccc(F)cc1)Nc1ncc(C(F)(F)F)cc1Cl. The Bertz CT molecular complexity index is 686. The predicted octanol–water partition coefficient (Wildman–Crippen LogP) is 4.07. The van der Waals surface area contributed by atoms with Gasteiger partial charge in [0.1, 0.15) is 5.82 Å². The van der Waals surface area contributed by atoms with E-state index in [0.717, 1.165) is 0 Å². The number of rotatable bonds is 3. The molecule has 0 aliphatic rings. The maximum absolute atomic E-state index is 12.7. The lowest BCUT2D eigenvalue weighted by Crippen LogP contribution is -2.16. The van der Waals surface area contributed by atoms with E-state index in [4.69, 9.17) is 11.6 Å². The fourth-order valence-corrected chi connectivity index (χ4v) is 1.86. The maximum atomic E-state index is 12.7. The zero-order valence-electron chi connectivity index (χ0n) is 10.9. The molecule has 0 fully saturated rings. The van der Waals surface area contributed by atoms with Crippen LogP contribution in [0.5, 0.6) is 0 Å². The summed E-state index contributed by atoms with van der Waals surface area (Å²) in [4.78, 5) is 15.3. The van der Waals surface area contributed by atoms with Gasteiger partial charge in [0.25, 0.3) is 0 Å². The lowest BCUT2D eigenvalue weighted by molar-refractivity contribution is -0.137. The van der Waals surface area contributed by atoms with Gasteiger partial charge in [0.15, 0.2) is 5.82 Å². The van der Waals surface area contributed by atoms with Gasteiger partial charge in [-0.2, -0.15) is 13.2 Å². The molecule has 0 atom stereocenters. The normalized spacial score (nSPS) is 11.3. The molecule has 1 N–H and O–H groups in total. The number of anilines is 1. The molecule has 2 rings (SSSR count). The summed E-state index contributed by atoms with van der Waals surface area (Å²) in [6.07, 6.45) is -4.06. The molecular weight excluding hydrogens is 324 g/mol. The molecule has 1 heterocycles. The van der Waals surface area contributed by atoms with Crippen LogP contribution in [-0.2, 0) is 17.4 Å². The number of pyridine rings is 1. The van der Waals surface area contributed by atoms with Crippen LogP contribution < -0.4 is 5.32 Å². The quantitative estimate of drug-likeness (QED) is 0.861. The lowest BCUT2D eigenvalue weighted by atomic mass is 10.1. The molecule has 1 amide bonds. The van der Waals surface area contributed by atoms with Gasteiger partial charge < -0.3 is 5.32 Å². The molecule has 0 saturated carbocycles. The van der Waals surface area contributed by atoms with E-state index in [9.17, 15) is 22.4 Å². The largest absolute Gasteiger partial charge is 0.417 e. The van der Waals surface area contributed by atoms with Gasteiger partial charge in [0.2, 0.25) is 5.91 Å². The number of nitrogens with zero attached hydrogens (tertiary/aromatic N) is 1. The van der Waals surface area contributed by atoms with Crippen molar-refractivity contribution in [2.75, 3.05) is 5.32 Å². The number of aromatic nitrogens is 1. The second-order valence-corrected chi connectivity index (χ2v) is 4.81. The average molecular weight is 333 g/mol. The van der Waals surface area contributed by atoms with Crippen LogP contribution in [0.4, 0.5) is 23.4 Å². The summed E-state index contributed by atoms with van der Waals surface area (Å²) in [5, 5.41) is 1.99. The average Bonchev–Trinajstić information content (AvgIpc) is 2.42. The van der Waals surface area contributed by atoms with Crippen LogP contribution in [0.15, 0.2) is 36.5 Å². The van der Waals surface area contributed by atoms with Crippen molar-refractivity contribution in [3.63, 3.8) is 0 Å². The first-order valence-electron chi connectivity index (χ1n) is 6.03. The Labute approximate surface area is 127 Å². The second-order valence-electron chi connectivity index (χ2n) is 4.40. The molecule has 8 heteroatoms. The molecule has 0 spiro atoms. The van der Waals surface area contributed by atoms with E-state index in [-0.39, 0.29) is 17.3 Å². The first-order chi connectivity index (χ1) is 10.3. The van der Waals surface area contributed by atoms with Crippen molar-refractivity contribution >= 4 is 23.3 Å². The molecule has 0 saturated heterocycles. The van der Waals surface area contributed by atoms with Crippen LogP contribution in [0.2, 0.25) is 5.02 Å². The minimum Gasteiger partial charge on any atom is -0.309 e. The Morgan fingerprint density at radius 1 is 1.23 bits per heavy atom. The zero-order valence-corrected chi connectivity index (χ0v) is 11.7. The molecule has 1 aromatic heterocycles. The molecule has 116 valence electrons. The van der Waals surface area contributed by atoms with E-state index in [0.29, 0.717) is 17.8 Å².